The van der Waals surface area contributed by atoms with Gasteiger partial charge in [-0.1, -0.05) is 38.1 Å². The molecule has 1 aliphatic rings. The minimum absolute atomic E-state index is 0.0463. The lowest BCUT2D eigenvalue weighted by Gasteiger charge is -2.15. The first kappa shape index (κ1) is 15.8. The molecule has 0 radical (unpaired) electrons. The molecule has 23 heavy (non-hydrogen) atoms. The average Bonchev–Trinajstić information content (AvgIpc) is 3.30. The van der Waals surface area contributed by atoms with E-state index in [0.717, 1.165) is 24.0 Å². The largest absolute Gasteiger partial charge is 0.505 e. The molecule has 0 aliphatic heterocycles. The van der Waals surface area contributed by atoms with Crippen LogP contribution < -0.4 is 5.56 Å². The molecule has 0 unspecified atom stereocenters. The van der Waals surface area contributed by atoms with Crippen molar-refractivity contribution in [3.63, 3.8) is 0 Å². The van der Waals surface area contributed by atoms with Gasteiger partial charge in [-0.25, -0.2) is 4.68 Å². The number of hydrogen-bond acceptors (Lipinski definition) is 3. The minimum Gasteiger partial charge on any atom is -0.505 e. The summed E-state index contributed by atoms with van der Waals surface area (Å²) in [5.74, 6) is 0.969. The maximum atomic E-state index is 12.9. The summed E-state index contributed by atoms with van der Waals surface area (Å²) in [5.41, 5.74) is 2.62. The van der Waals surface area contributed by atoms with Crippen LogP contribution >= 0.6 is 0 Å². The van der Waals surface area contributed by atoms with Gasteiger partial charge in [-0.2, -0.15) is 5.10 Å². The molecular weight excluding hydrogens is 288 g/mol. The predicted molar refractivity (Wildman–Crippen MR) is 91.6 cm³/mol. The van der Waals surface area contributed by atoms with Crippen molar-refractivity contribution < 1.29 is 5.11 Å². The molecule has 2 aromatic rings. The van der Waals surface area contributed by atoms with E-state index in [1.165, 1.54) is 0 Å². The van der Waals surface area contributed by atoms with E-state index < -0.39 is 0 Å². The Hall–Kier alpha value is -2.10. The van der Waals surface area contributed by atoms with Crippen LogP contribution in [-0.4, -0.2) is 14.9 Å². The first-order chi connectivity index (χ1) is 11.0. The summed E-state index contributed by atoms with van der Waals surface area (Å²) < 4.78 is 1.57. The number of hydrogen-bond donors (Lipinski definition) is 1. The first-order valence-corrected chi connectivity index (χ1v) is 8.36. The number of aromatic nitrogens is 2. The van der Waals surface area contributed by atoms with Crippen LogP contribution in [0.2, 0.25) is 0 Å². The number of nitrogens with zero attached hydrogens (tertiary/aromatic N) is 2. The molecule has 0 atom stereocenters. The van der Waals surface area contributed by atoms with Gasteiger partial charge >= 0.3 is 0 Å². The molecule has 1 aromatic heterocycles. The smallest absolute Gasteiger partial charge is 0.278 e. The third kappa shape index (κ3) is 3.31. The average molecular weight is 312 g/mol. The fourth-order valence-electron chi connectivity index (χ4n) is 2.90. The lowest BCUT2D eigenvalue weighted by atomic mass is 9.98. The molecule has 0 bridgehead atoms. The molecule has 1 fully saturated rings. The van der Waals surface area contributed by atoms with Gasteiger partial charge in [0.05, 0.1) is 5.56 Å². The monoisotopic (exact) mass is 312 g/mol. The van der Waals surface area contributed by atoms with Crippen molar-refractivity contribution >= 4 is 0 Å². The Morgan fingerprint density at radius 2 is 2.00 bits per heavy atom. The Bertz CT molecular complexity index is 773. The molecule has 1 saturated carbocycles. The zero-order valence-corrected chi connectivity index (χ0v) is 14.0. The second-order valence-electron chi connectivity index (χ2n) is 7.01. The summed E-state index contributed by atoms with van der Waals surface area (Å²) in [6.45, 7) is 6.79. The molecule has 0 amide bonds. The molecule has 122 valence electrons. The minimum atomic E-state index is -0.184. The second kappa shape index (κ2) is 6.19. The topological polar surface area (TPSA) is 55.1 Å². The van der Waals surface area contributed by atoms with Crippen LogP contribution in [0.25, 0.3) is 11.1 Å². The highest BCUT2D eigenvalue weighted by Gasteiger charge is 2.26. The quantitative estimate of drug-likeness (QED) is 0.919. The maximum absolute atomic E-state index is 12.9. The van der Waals surface area contributed by atoms with Crippen LogP contribution in [-0.2, 0) is 13.0 Å². The molecule has 1 N–H and O–H groups in total. The fourth-order valence-corrected chi connectivity index (χ4v) is 2.90. The molecule has 0 spiro atoms. The summed E-state index contributed by atoms with van der Waals surface area (Å²) >= 11 is 0. The highest BCUT2D eigenvalue weighted by atomic mass is 16.3. The van der Waals surface area contributed by atoms with E-state index in [9.17, 15) is 9.90 Å². The lowest BCUT2D eigenvalue weighted by molar-refractivity contribution is 0.435. The van der Waals surface area contributed by atoms with Crippen molar-refractivity contribution in [3.8, 4) is 16.9 Å². The van der Waals surface area contributed by atoms with Gasteiger partial charge in [0.1, 0.15) is 5.69 Å². The molecule has 3 rings (SSSR count). The van der Waals surface area contributed by atoms with Crippen LogP contribution in [0.1, 0.15) is 37.9 Å². The fraction of sp³-hybridized carbons (Fsp3) is 0.474. The summed E-state index contributed by atoms with van der Waals surface area (Å²) in [6, 6.07) is 7.69. The Morgan fingerprint density at radius 1 is 1.30 bits per heavy atom. The Kier molecular flexibility index (Phi) is 4.24. The van der Waals surface area contributed by atoms with E-state index in [1.807, 2.05) is 31.2 Å². The summed E-state index contributed by atoms with van der Waals surface area (Å²) in [4.78, 5) is 12.9. The zero-order valence-electron chi connectivity index (χ0n) is 14.0. The van der Waals surface area contributed by atoms with Gasteiger partial charge in [0, 0.05) is 6.54 Å². The lowest BCUT2D eigenvalue weighted by Crippen LogP contribution is -2.27. The molecular formula is C19H24N2O2. The van der Waals surface area contributed by atoms with Gasteiger partial charge in [-0.15, -0.1) is 0 Å². The van der Waals surface area contributed by atoms with Gasteiger partial charge in [0.15, 0.2) is 5.75 Å². The van der Waals surface area contributed by atoms with Gasteiger partial charge in [-0.3, -0.25) is 4.79 Å². The van der Waals surface area contributed by atoms with Gasteiger partial charge < -0.3 is 5.11 Å². The van der Waals surface area contributed by atoms with Crippen molar-refractivity contribution in [3.05, 3.63) is 45.9 Å². The molecule has 1 aliphatic carbocycles. The first-order valence-electron chi connectivity index (χ1n) is 8.36. The summed E-state index contributed by atoms with van der Waals surface area (Å²) in [6.07, 6.45) is 2.98. The number of aromatic hydroxyl groups is 1. The van der Waals surface area contributed by atoms with E-state index in [-0.39, 0.29) is 11.3 Å². The van der Waals surface area contributed by atoms with Gasteiger partial charge in [-0.05, 0) is 49.1 Å². The van der Waals surface area contributed by atoms with Gasteiger partial charge in [0.25, 0.3) is 5.56 Å². The second-order valence-corrected chi connectivity index (χ2v) is 7.01. The molecule has 1 aromatic carbocycles. The Balaban J connectivity index is 2.19. The van der Waals surface area contributed by atoms with E-state index in [4.69, 9.17) is 0 Å². The van der Waals surface area contributed by atoms with Crippen molar-refractivity contribution in [2.45, 2.75) is 46.6 Å². The number of benzene rings is 1. The highest BCUT2D eigenvalue weighted by molar-refractivity contribution is 5.72. The van der Waals surface area contributed by atoms with E-state index in [1.54, 1.807) is 4.68 Å². The van der Waals surface area contributed by atoms with Gasteiger partial charge in [0.2, 0.25) is 0 Å². The standard InChI is InChI=1S/C19H24N2O2/c1-12(2)10-16-18(22)17(15-7-5-4-6-13(15)3)19(23)21(20-16)11-14-8-9-14/h4-7,12,14,22H,8-11H2,1-3H3. The van der Waals surface area contributed by atoms with Crippen molar-refractivity contribution in [1.82, 2.24) is 9.78 Å². The number of rotatable bonds is 5. The molecule has 1 heterocycles. The molecule has 4 heteroatoms. The summed E-state index contributed by atoms with van der Waals surface area (Å²) in [7, 11) is 0. The van der Waals surface area contributed by atoms with Crippen molar-refractivity contribution in [2.24, 2.45) is 11.8 Å². The third-order valence-corrected chi connectivity index (χ3v) is 4.34. The third-order valence-electron chi connectivity index (χ3n) is 4.34. The predicted octanol–water partition coefficient (Wildman–Crippen LogP) is 3.53. The van der Waals surface area contributed by atoms with E-state index in [2.05, 4.69) is 18.9 Å². The zero-order chi connectivity index (χ0) is 16.6. The molecule has 0 saturated heterocycles. The number of aryl methyl sites for hydroxylation is 1. The Labute approximate surface area is 136 Å². The van der Waals surface area contributed by atoms with Crippen LogP contribution in [0.4, 0.5) is 0 Å². The van der Waals surface area contributed by atoms with Crippen molar-refractivity contribution in [1.29, 1.82) is 0 Å². The van der Waals surface area contributed by atoms with E-state index in [0.29, 0.717) is 36.1 Å². The normalized spacial score (nSPS) is 14.4. The van der Waals surface area contributed by atoms with Crippen LogP contribution in [0.5, 0.6) is 5.75 Å². The van der Waals surface area contributed by atoms with Crippen LogP contribution in [0.3, 0.4) is 0 Å². The van der Waals surface area contributed by atoms with Crippen molar-refractivity contribution in [2.75, 3.05) is 0 Å². The Morgan fingerprint density at radius 3 is 2.61 bits per heavy atom. The summed E-state index contributed by atoms with van der Waals surface area (Å²) in [5, 5.41) is 15.2. The van der Waals surface area contributed by atoms with Crippen LogP contribution in [0.15, 0.2) is 29.1 Å². The van der Waals surface area contributed by atoms with E-state index >= 15 is 0 Å². The highest BCUT2D eigenvalue weighted by Crippen LogP contribution is 2.33. The maximum Gasteiger partial charge on any atom is 0.278 e. The molecule has 4 nitrogen and oxygen atoms in total. The van der Waals surface area contributed by atoms with Crippen LogP contribution in [0, 0.1) is 18.8 Å². The SMILES string of the molecule is Cc1ccccc1-c1c(O)c(CC(C)C)nn(CC2CC2)c1=O.